The normalized spacial score (nSPS) is 14.5. The molecule has 1 heterocycles. The number of carbonyl (C=O) groups is 1. The van der Waals surface area contributed by atoms with Gasteiger partial charge in [-0.2, -0.15) is 0 Å². The molecule has 0 atom stereocenters. The van der Waals surface area contributed by atoms with Crippen LogP contribution in [-0.2, 0) is 0 Å². The Balaban J connectivity index is 2.69. The highest BCUT2D eigenvalue weighted by Crippen LogP contribution is 2.35. The highest BCUT2D eigenvalue weighted by molar-refractivity contribution is 6.00. The number of carbonyl (C=O) groups excluding carboxylic acids is 1. The Morgan fingerprint density at radius 3 is 2.87 bits per heavy atom. The first-order chi connectivity index (χ1) is 7.15. The molecule has 0 bridgehead atoms. The standard InChI is InChI=1S/C10H8F2O3/c1-14-7-4-5(11)10-8(9(7)12)6(13)2-3-15-10/h4H,2-3H2,1H3. The maximum atomic E-state index is 13.6. The second-order valence-electron chi connectivity index (χ2n) is 3.10. The van der Waals surface area contributed by atoms with Gasteiger partial charge in [0.05, 0.1) is 13.7 Å². The zero-order valence-electron chi connectivity index (χ0n) is 7.97. The van der Waals surface area contributed by atoms with Crippen molar-refractivity contribution < 1.29 is 23.0 Å². The van der Waals surface area contributed by atoms with Crippen molar-refractivity contribution in [1.29, 1.82) is 0 Å². The molecular formula is C10H8F2O3. The molecule has 0 fully saturated rings. The van der Waals surface area contributed by atoms with Gasteiger partial charge in [0.1, 0.15) is 5.56 Å². The van der Waals surface area contributed by atoms with Crippen LogP contribution in [0.4, 0.5) is 8.78 Å². The van der Waals surface area contributed by atoms with Gasteiger partial charge in [-0.15, -0.1) is 0 Å². The average molecular weight is 214 g/mol. The van der Waals surface area contributed by atoms with Crippen molar-refractivity contribution >= 4 is 5.78 Å². The van der Waals surface area contributed by atoms with E-state index in [9.17, 15) is 13.6 Å². The third-order valence-electron chi connectivity index (χ3n) is 2.21. The molecule has 1 aliphatic heterocycles. The van der Waals surface area contributed by atoms with Gasteiger partial charge in [0.25, 0.3) is 0 Å². The third kappa shape index (κ3) is 1.44. The minimum Gasteiger partial charge on any atom is -0.494 e. The minimum atomic E-state index is -0.862. The zero-order valence-corrected chi connectivity index (χ0v) is 7.97. The van der Waals surface area contributed by atoms with Gasteiger partial charge in [-0.3, -0.25) is 4.79 Å². The fourth-order valence-corrected chi connectivity index (χ4v) is 1.50. The first-order valence-corrected chi connectivity index (χ1v) is 4.37. The van der Waals surface area contributed by atoms with Gasteiger partial charge in [0, 0.05) is 12.5 Å². The topological polar surface area (TPSA) is 35.5 Å². The third-order valence-corrected chi connectivity index (χ3v) is 2.21. The Hall–Kier alpha value is -1.65. The second kappa shape index (κ2) is 3.49. The van der Waals surface area contributed by atoms with Crippen LogP contribution in [-0.4, -0.2) is 19.5 Å². The van der Waals surface area contributed by atoms with Crippen molar-refractivity contribution in [2.24, 2.45) is 0 Å². The number of benzene rings is 1. The summed E-state index contributed by atoms with van der Waals surface area (Å²) in [4.78, 5) is 11.4. The fraction of sp³-hybridized carbons (Fsp3) is 0.300. The van der Waals surface area contributed by atoms with Crippen LogP contribution in [0.3, 0.4) is 0 Å². The largest absolute Gasteiger partial charge is 0.494 e. The molecule has 0 N–H and O–H groups in total. The van der Waals surface area contributed by atoms with Crippen molar-refractivity contribution in [3.8, 4) is 11.5 Å². The van der Waals surface area contributed by atoms with E-state index in [1.165, 1.54) is 7.11 Å². The summed E-state index contributed by atoms with van der Waals surface area (Å²) in [5.41, 5.74) is -0.349. The van der Waals surface area contributed by atoms with E-state index in [1.807, 2.05) is 0 Å². The van der Waals surface area contributed by atoms with Crippen molar-refractivity contribution in [2.45, 2.75) is 6.42 Å². The summed E-state index contributed by atoms with van der Waals surface area (Å²) < 4.78 is 36.5. The number of ketones is 1. The Kier molecular flexibility index (Phi) is 2.30. The molecule has 0 saturated carbocycles. The summed E-state index contributed by atoms with van der Waals surface area (Å²) >= 11 is 0. The van der Waals surface area contributed by atoms with Crippen LogP contribution in [0.15, 0.2) is 6.07 Å². The molecule has 3 nitrogen and oxygen atoms in total. The van der Waals surface area contributed by atoms with Gasteiger partial charge < -0.3 is 9.47 Å². The molecule has 0 spiro atoms. The number of fused-ring (bicyclic) bond motifs is 1. The lowest BCUT2D eigenvalue weighted by molar-refractivity contribution is 0.0922. The summed E-state index contributed by atoms with van der Waals surface area (Å²) in [5, 5.41) is 0. The molecule has 1 aliphatic rings. The summed E-state index contributed by atoms with van der Waals surface area (Å²) in [6, 6.07) is 0.868. The van der Waals surface area contributed by atoms with Gasteiger partial charge >= 0.3 is 0 Å². The number of hydrogen-bond donors (Lipinski definition) is 0. The molecule has 0 aromatic heterocycles. The van der Waals surface area contributed by atoms with Crippen LogP contribution in [0.25, 0.3) is 0 Å². The maximum Gasteiger partial charge on any atom is 0.179 e. The van der Waals surface area contributed by atoms with Crippen LogP contribution in [0.1, 0.15) is 16.8 Å². The smallest absolute Gasteiger partial charge is 0.179 e. The predicted molar refractivity (Wildman–Crippen MR) is 47.4 cm³/mol. The molecule has 0 unspecified atom stereocenters. The molecule has 1 aromatic carbocycles. The number of halogens is 2. The highest BCUT2D eigenvalue weighted by atomic mass is 19.1. The van der Waals surface area contributed by atoms with E-state index >= 15 is 0 Å². The molecular weight excluding hydrogens is 206 g/mol. The number of ether oxygens (including phenoxy) is 2. The van der Waals surface area contributed by atoms with Gasteiger partial charge in [0.15, 0.2) is 28.9 Å². The number of hydrogen-bond acceptors (Lipinski definition) is 3. The molecule has 5 heteroatoms. The Morgan fingerprint density at radius 1 is 1.47 bits per heavy atom. The van der Waals surface area contributed by atoms with E-state index < -0.39 is 17.4 Å². The summed E-state index contributed by atoms with van der Waals surface area (Å²) in [7, 11) is 1.21. The molecule has 0 saturated heterocycles. The Labute approximate surface area is 84.6 Å². The van der Waals surface area contributed by atoms with Gasteiger partial charge in [-0.05, 0) is 0 Å². The van der Waals surface area contributed by atoms with Crippen LogP contribution < -0.4 is 9.47 Å². The summed E-state index contributed by atoms with van der Waals surface area (Å²) in [6.45, 7) is 0.0779. The fourth-order valence-electron chi connectivity index (χ4n) is 1.50. The van der Waals surface area contributed by atoms with E-state index in [1.54, 1.807) is 0 Å². The van der Waals surface area contributed by atoms with Crippen LogP contribution >= 0.6 is 0 Å². The molecule has 1 aromatic rings. The van der Waals surface area contributed by atoms with E-state index in [-0.39, 0.29) is 30.1 Å². The van der Waals surface area contributed by atoms with Crippen molar-refractivity contribution in [1.82, 2.24) is 0 Å². The van der Waals surface area contributed by atoms with E-state index in [0.717, 1.165) is 6.07 Å². The van der Waals surface area contributed by atoms with Gasteiger partial charge in [0.2, 0.25) is 0 Å². The SMILES string of the molecule is COc1cc(F)c2c(c1F)C(=O)CCO2. The van der Waals surface area contributed by atoms with Gasteiger partial charge in [-0.25, -0.2) is 8.78 Å². The quantitative estimate of drug-likeness (QED) is 0.716. The number of methoxy groups -OCH3 is 1. The first-order valence-electron chi connectivity index (χ1n) is 4.37. The van der Waals surface area contributed by atoms with E-state index in [0.29, 0.717) is 0 Å². The van der Waals surface area contributed by atoms with Crippen LogP contribution in [0.2, 0.25) is 0 Å². The Morgan fingerprint density at radius 2 is 2.20 bits per heavy atom. The van der Waals surface area contributed by atoms with Crippen molar-refractivity contribution in [3.05, 3.63) is 23.3 Å². The zero-order chi connectivity index (χ0) is 11.0. The molecule has 15 heavy (non-hydrogen) atoms. The lowest BCUT2D eigenvalue weighted by Gasteiger charge is -2.18. The summed E-state index contributed by atoms with van der Waals surface area (Å²) in [5.74, 6) is -2.71. The van der Waals surface area contributed by atoms with Crippen molar-refractivity contribution in [3.63, 3.8) is 0 Å². The van der Waals surface area contributed by atoms with Gasteiger partial charge in [-0.1, -0.05) is 0 Å². The lowest BCUT2D eigenvalue weighted by atomic mass is 10.0. The molecule has 0 radical (unpaired) electrons. The van der Waals surface area contributed by atoms with Crippen LogP contribution in [0.5, 0.6) is 11.5 Å². The molecule has 0 aliphatic carbocycles. The second-order valence-corrected chi connectivity index (χ2v) is 3.10. The lowest BCUT2D eigenvalue weighted by Crippen LogP contribution is -2.18. The summed E-state index contributed by atoms with van der Waals surface area (Å²) in [6.07, 6.45) is 0.0521. The average Bonchev–Trinajstić information content (AvgIpc) is 2.23. The highest BCUT2D eigenvalue weighted by Gasteiger charge is 2.28. The number of Topliss-reactive ketones (excluding diaryl/α,β-unsaturated/α-hetero) is 1. The minimum absolute atomic E-state index is 0.0521. The Bertz CT molecular complexity index is 429. The molecule has 2 rings (SSSR count). The maximum absolute atomic E-state index is 13.6. The van der Waals surface area contributed by atoms with Crippen molar-refractivity contribution in [2.75, 3.05) is 13.7 Å². The monoisotopic (exact) mass is 214 g/mol. The molecule has 80 valence electrons. The van der Waals surface area contributed by atoms with E-state index in [4.69, 9.17) is 4.74 Å². The van der Waals surface area contributed by atoms with E-state index in [2.05, 4.69) is 4.74 Å². The number of rotatable bonds is 1. The first kappa shape index (κ1) is 9.89. The molecule has 0 amide bonds. The van der Waals surface area contributed by atoms with Crippen LogP contribution in [0, 0.1) is 11.6 Å². The predicted octanol–water partition coefficient (Wildman–Crippen LogP) is 1.94.